The lowest BCUT2D eigenvalue weighted by atomic mass is 10.1. The summed E-state index contributed by atoms with van der Waals surface area (Å²) >= 11 is 6.52. The number of hydrogen-bond donors (Lipinski definition) is 1. The SMILES string of the molecule is O=c1[nH]c(=O)n(Cc2ccccc2)c2nc(-c3cc(Cl)c4c(c3)OCCO4)n(C[C@@H]3CCCO3)c12. The van der Waals surface area contributed by atoms with Crippen molar-refractivity contribution in [1.82, 2.24) is 19.1 Å². The van der Waals surface area contributed by atoms with E-state index >= 15 is 0 Å². The molecule has 0 saturated carbocycles. The minimum absolute atomic E-state index is 0.0623. The van der Waals surface area contributed by atoms with Gasteiger partial charge in [0.05, 0.1) is 24.2 Å². The number of fused-ring (bicyclic) bond motifs is 2. The van der Waals surface area contributed by atoms with Crippen LogP contribution < -0.4 is 20.7 Å². The first-order chi connectivity index (χ1) is 17.1. The fourth-order valence-electron chi connectivity index (χ4n) is 4.72. The Morgan fingerprint density at radius 2 is 1.89 bits per heavy atom. The molecule has 1 atom stereocenters. The number of aromatic nitrogens is 4. The third-order valence-corrected chi connectivity index (χ3v) is 6.62. The third kappa shape index (κ3) is 4.00. The van der Waals surface area contributed by atoms with E-state index in [-0.39, 0.29) is 12.6 Å². The van der Waals surface area contributed by atoms with Crippen molar-refractivity contribution in [3.8, 4) is 22.9 Å². The molecule has 6 rings (SSSR count). The lowest BCUT2D eigenvalue weighted by molar-refractivity contribution is 0.0982. The number of halogens is 1. The second-order valence-electron chi connectivity index (χ2n) is 8.67. The predicted molar refractivity (Wildman–Crippen MR) is 131 cm³/mol. The molecule has 0 amide bonds. The molecule has 4 heterocycles. The van der Waals surface area contributed by atoms with Gasteiger partial charge in [0.25, 0.3) is 5.56 Å². The summed E-state index contributed by atoms with van der Waals surface area (Å²) in [6.45, 7) is 2.20. The molecule has 1 fully saturated rings. The van der Waals surface area contributed by atoms with Gasteiger partial charge in [0, 0.05) is 12.2 Å². The van der Waals surface area contributed by atoms with Crippen molar-refractivity contribution in [1.29, 1.82) is 0 Å². The van der Waals surface area contributed by atoms with E-state index in [1.165, 1.54) is 4.57 Å². The highest BCUT2D eigenvalue weighted by Crippen LogP contribution is 2.41. The van der Waals surface area contributed by atoms with Gasteiger partial charge in [0.1, 0.15) is 19.0 Å². The minimum atomic E-state index is -0.514. The van der Waals surface area contributed by atoms with Gasteiger partial charge >= 0.3 is 5.69 Å². The van der Waals surface area contributed by atoms with Crippen LogP contribution in [-0.4, -0.2) is 45.0 Å². The zero-order valence-electron chi connectivity index (χ0n) is 18.8. The fraction of sp³-hybridized carbons (Fsp3) is 0.320. The number of benzene rings is 2. The van der Waals surface area contributed by atoms with Gasteiger partial charge in [-0.15, -0.1) is 0 Å². The zero-order chi connectivity index (χ0) is 23.9. The normalized spacial score (nSPS) is 17.2. The van der Waals surface area contributed by atoms with Crippen LogP contribution in [0.5, 0.6) is 11.5 Å². The quantitative estimate of drug-likeness (QED) is 0.457. The molecular weight excluding hydrogens is 472 g/mol. The molecule has 0 spiro atoms. The smallest absolute Gasteiger partial charge is 0.330 e. The van der Waals surface area contributed by atoms with Crippen molar-refractivity contribution >= 4 is 22.8 Å². The maximum absolute atomic E-state index is 13.1. The molecule has 9 nitrogen and oxygen atoms in total. The number of nitrogens with one attached hydrogen (secondary N) is 1. The van der Waals surface area contributed by atoms with Gasteiger partial charge in [-0.1, -0.05) is 41.9 Å². The fourth-order valence-corrected chi connectivity index (χ4v) is 4.98. The van der Waals surface area contributed by atoms with E-state index in [9.17, 15) is 9.59 Å². The van der Waals surface area contributed by atoms with Crippen LogP contribution in [0.2, 0.25) is 5.02 Å². The second kappa shape index (κ2) is 8.90. The van der Waals surface area contributed by atoms with Gasteiger partial charge in [-0.2, -0.15) is 0 Å². The van der Waals surface area contributed by atoms with Crippen LogP contribution in [0.15, 0.2) is 52.1 Å². The summed E-state index contributed by atoms with van der Waals surface area (Å²) in [5, 5.41) is 0.392. The maximum Gasteiger partial charge on any atom is 0.330 e. The van der Waals surface area contributed by atoms with E-state index in [2.05, 4.69) is 4.98 Å². The van der Waals surface area contributed by atoms with E-state index in [1.54, 1.807) is 12.1 Å². The van der Waals surface area contributed by atoms with Crippen LogP contribution in [0.25, 0.3) is 22.6 Å². The van der Waals surface area contributed by atoms with Crippen LogP contribution in [0.4, 0.5) is 0 Å². The predicted octanol–water partition coefficient (Wildman–Crippen LogP) is 3.21. The van der Waals surface area contributed by atoms with Crippen molar-refractivity contribution < 1.29 is 14.2 Å². The van der Waals surface area contributed by atoms with E-state index < -0.39 is 11.2 Å². The number of nitrogens with zero attached hydrogens (tertiary/aromatic N) is 3. The molecule has 0 aliphatic carbocycles. The minimum Gasteiger partial charge on any atom is -0.486 e. The Kier molecular flexibility index (Phi) is 5.58. The average molecular weight is 495 g/mol. The molecule has 1 N–H and O–H groups in total. The average Bonchev–Trinajstić information content (AvgIpc) is 3.51. The summed E-state index contributed by atoms with van der Waals surface area (Å²) in [5.74, 6) is 1.51. The van der Waals surface area contributed by atoms with Gasteiger partial charge in [-0.05, 0) is 30.5 Å². The molecule has 0 bridgehead atoms. The van der Waals surface area contributed by atoms with E-state index in [1.807, 2.05) is 34.9 Å². The first-order valence-electron chi connectivity index (χ1n) is 11.6. The molecule has 2 aromatic carbocycles. The third-order valence-electron chi connectivity index (χ3n) is 6.33. The summed E-state index contributed by atoms with van der Waals surface area (Å²) in [7, 11) is 0. The van der Waals surface area contributed by atoms with E-state index in [0.717, 1.165) is 18.4 Å². The summed E-state index contributed by atoms with van der Waals surface area (Å²) in [5.41, 5.74) is 1.19. The van der Waals surface area contributed by atoms with Gasteiger partial charge in [0.15, 0.2) is 22.7 Å². The molecule has 1 saturated heterocycles. The Morgan fingerprint density at radius 3 is 2.69 bits per heavy atom. The van der Waals surface area contributed by atoms with Gasteiger partial charge in [-0.3, -0.25) is 14.3 Å². The summed E-state index contributed by atoms with van der Waals surface area (Å²) in [6, 6.07) is 13.1. The first-order valence-corrected chi connectivity index (χ1v) is 11.9. The highest BCUT2D eigenvalue weighted by atomic mass is 35.5. The monoisotopic (exact) mass is 494 g/mol. The zero-order valence-corrected chi connectivity index (χ0v) is 19.6. The number of aromatic amines is 1. The van der Waals surface area contributed by atoms with Crippen molar-refractivity contribution in [2.45, 2.75) is 32.0 Å². The molecule has 4 aromatic rings. The van der Waals surface area contributed by atoms with Crippen LogP contribution in [0.3, 0.4) is 0 Å². The molecule has 35 heavy (non-hydrogen) atoms. The number of ether oxygens (including phenoxy) is 3. The molecular formula is C25H23ClN4O5. The van der Waals surface area contributed by atoms with Crippen molar-refractivity contribution in [2.24, 2.45) is 0 Å². The first kappa shape index (κ1) is 21.9. The number of imidazole rings is 1. The lowest BCUT2D eigenvalue weighted by Gasteiger charge is -2.20. The molecule has 0 radical (unpaired) electrons. The number of rotatable bonds is 5. The molecule has 2 aliphatic heterocycles. The Labute approximate surface area is 204 Å². The Hall–Kier alpha value is -3.56. The highest BCUT2D eigenvalue weighted by molar-refractivity contribution is 6.32. The summed E-state index contributed by atoms with van der Waals surface area (Å²) < 4.78 is 20.6. The van der Waals surface area contributed by atoms with Crippen LogP contribution in [-0.2, 0) is 17.8 Å². The Bertz CT molecular complexity index is 1520. The van der Waals surface area contributed by atoms with Crippen LogP contribution in [0, 0.1) is 0 Å². The molecule has 2 aromatic heterocycles. The highest BCUT2D eigenvalue weighted by Gasteiger charge is 2.26. The molecule has 2 aliphatic rings. The van der Waals surface area contributed by atoms with Crippen molar-refractivity contribution in [2.75, 3.05) is 19.8 Å². The molecule has 180 valence electrons. The largest absolute Gasteiger partial charge is 0.486 e. The lowest BCUT2D eigenvalue weighted by Crippen LogP contribution is -2.32. The summed E-state index contributed by atoms with van der Waals surface area (Å²) in [6.07, 6.45) is 1.77. The van der Waals surface area contributed by atoms with Crippen LogP contribution >= 0.6 is 11.6 Å². The topological polar surface area (TPSA) is 100 Å². The van der Waals surface area contributed by atoms with E-state index in [0.29, 0.717) is 65.4 Å². The Morgan fingerprint density at radius 1 is 1.06 bits per heavy atom. The number of H-pyrrole nitrogens is 1. The van der Waals surface area contributed by atoms with Crippen LogP contribution in [0.1, 0.15) is 18.4 Å². The van der Waals surface area contributed by atoms with Gasteiger partial charge in [-0.25, -0.2) is 9.78 Å². The van der Waals surface area contributed by atoms with E-state index in [4.69, 9.17) is 30.8 Å². The van der Waals surface area contributed by atoms with Crippen molar-refractivity contribution in [3.05, 3.63) is 73.9 Å². The number of hydrogen-bond acceptors (Lipinski definition) is 6. The molecule has 0 unspecified atom stereocenters. The maximum atomic E-state index is 13.1. The second-order valence-corrected chi connectivity index (χ2v) is 9.07. The standard InChI is InChI=1S/C25H23ClN4O5/c26-18-11-16(12-19-21(18)35-10-9-34-19)22-27-23-20(29(22)14-17-7-4-8-33-17)24(31)28-25(32)30(23)13-15-5-2-1-3-6-15/h1-3,5-6,11-12,17H,4,7-10,13-14H2,(H,28,31,32)/t17-/m0/s1. The molecule has 10 heteroatoms. The summed E-state index contributed by atoms with van der Waals surface area (Å²) in [4.78, 5) is 33.3. The van der Waals surface area contributed by atoms with Gasteiger partial charge in [0.2, 0.25) is 0 Å². The van der Waals surface area contributed by atoms with Crippen molar-refractivity contribution in [3.63, 3.8) is 0 Å². The Balaban J connectivity index is 1.58. The van der Waals surface area contributed by atoms with Gasteiger partial charge < -0.3 is 18.8 Å².